The molecule has 0 atom stereocenters. The molecule has 2 N–H and O–H groups in total. The SMILES string of the molecule is O=C(O)CSc1cnc(NC(=O)N(CCSc2ccccc2)C2CCCCC2)s1. The Hall–Kier alpha value is -1.71. The number of carbonyl (C=O) groups excluding carboxylic acids is 1. The predicted octanol–water partition coefficient (Wildman–Crippen LogP) is 5.28. The van der Waals surface area contributed by atoms with Gasteiger partial charge in [-0.3, -0.25) is 10.1 Å². The number of hydrogen-bond acceptors (Lipinski definition) is 6. The fourth-order valence-corrected chi connectivity index (χ4v) is 5.76. The van der Waals surface area contributed by atoms with E-state index in [1.165, 1.54) is 34.4 Å². The number of amides is 2. The van der Waals surface area contributed by atoms with Crippen LogP contribution in [0.4, 0.5) is 9.93 Å². The van der Waals surface area contributed by atoms with Crippen LogP contribution in [-0.4, -0.2) is 51.1 Å². The molecule has 0 bridgehead atoms. The van der Waals surface area contributed by atoms with Crippen LogP contribution >= 0.6 is 34.9 Å². The highest BCUT2D eigenvalue weighted by Gasteiger charge is 2.26. The molecule has 2 amide bonds. The van der Waals surface area contributed by atoms with Crippen molar-refractivity contribution in [3.8, 4) is 0 Å². The van der Waals surface area contributed by atoms with Gasteiger partial charge in [-0.15, -0.1) is 23.5 Å². The van der Waals surface area contributed by atoms with Crippen molar-refractivity contribution in [3.05, 3.63) is 36.5 Å². The summed E-state index contributed by atoms with van der Waals surface area (Å²) in [6.45, 7) is 0.683. The molecule has 9 heteroatoms. The van der Waals surface area contributed by atoms with Crippen molar-refractivity contribution in [2.24, 2.45) is 0 Å². The first-order valence-corrected chi connectivity index (χ1v) is 12.5. The van der Waals surface area contributed by atoms with Crippen LogP contribution < -0.4 is 5.32 Å². The first kappa shape index (κ1) is 22.0. The summed E-state index contributed by atoms with van der Waals surface area (Å²) in [5.74, 6) is -0.0418. The molecule has 29 heavy (non-hydrogen) atoms. The van der Waals surface area contributed by atoms with E-state index in [1.54, 1.807) is 18.0 Å². The van der Waals surface area contributed by atoms with Gasteiger partial charge in [0.25, 0.3) is 0 Å². The van der Waals surface area contributed by atoms with Crippen LogP contribution in [0.5, 0.6) is 0 Å². The number of carboxylic acid groups (broad SMARTS) is 1. The summed E-state index contributed by atoms with van der Waals surface area (Å²) >= 11 is 4.28. The largest absolute Gasteiger partial charge is 0.481 e. The fraction of sp³-hybridized carbons (Fsp3) is 0.450. The van der Waals surface area contributed by atoms with Crippen molar-refractivity contribution in [1.29, 1.82) is 0 Å². The summed E-state index contributed by atoms with van der Waals surface area (Å²) in [6.07, 6.45) is 7.26. The standard InChI is InChI=1S/C20H25N3O3S3/c24-17(25)14-28-18-13-21-19(29-18)22-20(26)23(15-7-3-1-4-8-15)11-12-27-16-9-5-2-6-10-16/h2,5-6,9-10,13,15H,1,3-4,7-8,11-12,14H2,(H,24,25)(H,21,22,26). The summed E-state index contributed by atoms with van der Waals surface area (Å²) in [6, 6.07) is 10.4. The van der Waals surface area contributed by atoms with Gasteiger partial charge in [0, 0.05) is 23.2 Å². The van der Waals surface area contributed by atoms with E-state index >= 15 is 0 Å². The van der Waals surface area contributed by atoms with Gasteiger partial charge in [0.2, 0.25) is 0 Å². The average Bonchev–Trinajstić information content (AvgIpc) is 3.18. The normalized spacial score (nSPS) is 14.5. The van der Waals surface area contributed by atoms with Gasteiger partial charge >= 0.3 is 12.0 Å². The Morgan fingerprint density at radius 1 is 1.17 bits per heavy atom. The minimum absolute atomic E-state index is 0.0134. The van der Waals surface area contributed by atoms with Crippen LogP contribution in [-0.2, 0) is 4.79 Å². The number of urea groups is 1. The number of hydrogen-bond donors (Lipinski definition) is 2. The van der Waals surface area contributed by atoms with Crippen LogP contribution in [0.3, 0.4) is 0 Å². The number of anilines is 1. The van der Waals surface area contributed by atoms with Gasteiger partial charge in [-0.05, 0) is 25.0 Å². The zero-order valence-electron chi connectivity index (χ0n) is 16.1. The molecule has 156 valence electrons. The molecule has 6 nitrogen and oxygen atoms in total. The molecule has 0 saturated heterocycles. The number of aliphatic carboxylic acids is 1. The molecule has 0 unspecified atom stereocenters. The zero-order chi connectivity index (χ0) is 20.5. The fourth-order valence-electron chi connectivity index (χ4n) is 3.30. The number of aromatic nitrogens is 1. The quantitative estimate of drug-likeness (QED) is 0.505. The molecule has 0 aliphatic heterocycles. The first-order valence-electron chi connectivity index (χ1n) is 9.67. The molecule has 3 rings (SSSR count). The van der Waals surface area contributed by atoms with Crippen molar-refractivity contribution in [2.45, 2.75) is 47.3 Å². The number of nitrogens with one attached hydrogen (secondary N) is 1. The number of rotatable bonds is 9. The topological polar surface area (TPSA) is 82.5 Å². The van der Waals surface area contributed by atoms with Crippen LogP contribution in [0, 0.1) is 0 Å². The van der Waals surface area contributed by atoms with Crippen molar-refractivity contribution in [3.63, 3.8) is 0 Å². The van der Waals surface area contributed by atoms with E-state index in [0.29, 0.717) is 11.7 Å². The van der Waals surface area contributed by atoms with Gasteiger partial charge in [0.05, 0.1) is 16.2 Å². The molecule has 1 aromatic carbocycles. The maximum absolute atomic E-state index is 13.0. The highest BCUT2D eigenvalue weighted by molar-refractivity contribution is 8.01. The maximum atomic E-state index is 13.0. The summed E-state index contributed by atoms with van der Waals surface area (Å²) in [4.78, 5) is 31.1. The number of thiazole rings is 1. The molecule has 1 fully saturated rings. The number of carboxylic acids is 1. The van der Waals surface area contributed by atoms with Crippen LogP contribution in [0.2, 0.25) is 0 Å². The van der Waals surface area contributed by atoms with Crippen molar-refractivity contribution >= 4 is 52.0 Å². The third-order valence-electron chi connectivity index (χ3n) is 4.66. The lowest BCUT2D eigenvalue weighted by molar-refractivity contribution is -0.133. The lowest BCUT2D eigenvalue weighted by Gasteiger charge is -2.34. The molecule has 1 aliphatic carbocycles. The Balaban J connectivity index is 1.58. The Kier molecular flexibility index (Phi) is 8.69. The van der Waals surface area contributed by atoms with Crippen LogP contribution in [0.1, 0.15) is 32.1 Å². The van der Waals surface area contributed by atoms with E-state index in [1.807, 2.05) is 23.1 Å². The average molecular weight is 452 g/mol. The Morgan fingerprint density at radius 2 is 1.93 bits per heavy atom. The highest BCUT2D eigenvalue weighted by Crippen LogP contribution is 2.29. The molecule has 2 aromatic rings. The number of benzene rings is 1. The molecule has 1 aliphatic rings. The van der Waals surface area contributed by atoms with E-state index in [4.69, 9.17) is 5.11 Å². The number of carbonyl (C=O) groups is 2. The van der Waals surface area contributed by atoms with Crippen molar-refractivity contribution < 1.29 is 14.7 Å². The second-order valence-electron chi connectivity index (χ2n) is 6.74. The molecule has 1 heterocycles. The first-order chi connectivity index (χ1) is 14.1. The summed E-state index contributed by atoms with van der Waals surface area (Å²) < 4.78 is 0.784. The summed E-state index contributed by atoms with van der Waals surface area (Å²) in [7, 11) is 0. The van der Waals surface area contributed by atoms with E-state index in [9.17, 15) is 9.59 Å². The van der Waals surface area contributed by atoms with Gasteiger partial charge < -0.3 is 10.0 Å². The van der Waals surface area contributed by atoms with Gasteiger partial charge in [0.1, 0.15) is 0 Å². The van der Waals surface area contributed by atoms with Crippen molar-refractivity contribution in [2.75, 3.05) is 23.4 Å². The minimum Gasteiger partial charge on any atom is -0.481 e. The van der Waals surface area contributed by atoms with Crippen LogP contribution in [0.25, 0.3) is 0 Å². The Bertz CT molecular complexity index is 795. The molecule has 1 saturated carbocycles. The lowest BCUT2D eigenvalue weighted by atomic mass is 9.94. The summed E-state index contributed by atoms with van der Waals surface area (Å²) in [5.41, 5.74) is 0. The third kappa shape index (κ3) is 7.24. The third-order valence-corrected chi connectivity index (χ3v) is 7.74. The minimum atomic E-state index is -0.867. The van der Waals surface area contributed by atoms with Gasteiger partial charge in [0.15, 0.2) is 5.13 Å². The molecule has 0 spiro atoms. The smallest absolute Gasteiger partial charge is 0.323 e. The van der Waals surface area contributed by atoms with E-state index < -0.39 is 5.97 Å². The second kappa shape index (κ2) is 11.5. The summed E-state index contributed by atoms with van der Waals surface area (Å²) in [5, 5.41) is 12.2. The number of thioether (sulfide) groups is 2. The van der Waals surface area contributed by atoms with E-state index in [-0.39, 0.29) is 17.8 Å². The van der Waals surface area contributed by atoms with Gasteiger partial charge in [-0.2, -0.15) is 0 Å². The highest BCUT2D eigenvalue weighted by atomic mass is 32.2. The predicted molar refractivity (Wildman–Crippen MR) is 120 cm³/mol. The van der Waals surface area contributed by atoms with E-state index in [2.05, 4.69) is 22.4 Å². The monoisotopic (exact) mass is 451 g/mol. The molecule has 0 radical (unpaired) electrons. The Labute approximate surface area is 183 Å². The van der Waals surface area contributed by atoms with E-state index in [0.717, 1.165) is 35.6 Å². The Morgan fingerprint density at radius 3 is 2.66 bits per heavy atom. The maximum Gasteiger partial charge on any atom is 0.323 e. The van der Waals surface area contributed by atoms with Crippen LogP contribution in [0.15, 0.2) is 45.6 Å². The van der Waals surface area contributed by atoms with Gasteiger partial charge in [-0.25, -0.2) is 9.78 Å². The lowest BCUT2D eigenvalue weighted by Crippen LogP contribution is -2.45. The molecular formula is C20H25N3O3S3. The zero-order valence-corrected chi connectivity index (χ0v) is 18.5. The van der Waals surface area contributed by atoms with Gasteiger partial charge in [-0.1, -0.05) is 48.8 Å². The molecule has 1 aromatic heterocycles. The second-order valence-corrected chi connectivity index (χ2v) is 10.2. The molecular weight excluding hydrogens is 426 g/mol. The van der Waals surface area contributed by atoms with Crippen molar-refractivity contribution in [1.82, 2.24) is 9.88 Å². The number of nitrogens with zero attached hydrogens (tertiary/aromatic N) is 2.